The van der Waals surface area contributed by atoms with Crippen LogP contribution in [0.2, 0.25) is 0 Å². The highest BCUT2D eigenvalue weighted by atomic mass is 32.1. The molecule has 1 aromatic heterocycles. The highest BCUT2D eigenvalue weighted by Gasteiger charge is 2.22. The number of amides is 1. The van der Waals surface area contributed by atoms with Crippen molar-refractivity contribution >= 4 is 17.2 Å². The number of hydrogen-bond donors (Lipinski definition) is 1. The third kappa shape index (κ3) is 3.77. The molecule has 1 aromatic carbocycles. The number of rotatable bonds is 4. The predicted molar refractivity (Wildman–Crippen MR) is 93.4 cm³/mol. The number of piperazine rings is 1. The summed E-state index contributed by atoms with van der Waals surface area (Å²) >= 11 is 1.64. The molecule has 1 amide bonds. The molecule has 0 unspecified atom stereocenters. The van der Waals surface area contributed by atoms with Crippen molar-refractivity contribution in [2.75, 3.05) is 26.7 Å². The number of carbonyl (C=O) groups is 1. The molecule has 2 aromatic rings. The molecule has 1 aliphatic rings. The van der Waals surface area contributed by atoms with Crippen LogP contribution in [0.1, 0.15) is 23.0 Å². The van der Waals surface area contributed by atoms with Crippen LogP contribution in [0.3, 0.4) is 0 Å². The lowest BCUT2D eigenvalue weighted by molar-refractivity contribution is 0.0929. The maximum atomic E-state index is 11.1. The molecule has 0 aliphatic carbocycles. The first kappa shape index (κ1) is 16.1. The van der Waals surface area contributed by atoms with E-state index in [0.29, 0.717) is 11.6 Å². The van der Waals surface area contributed by atoms with Crippen LogP contribution in [-0.2, 0) is 6.54 Å². The van der Waals surface area contributed by atoms with Gasteiger partial charge in [0.2, 0.25) is 5.91 Å². The van der Waals surface area contributed by atoms with E-state index in [-0.39, 0.29) is 0 Å². The minimum absolute atomic E-state index is 0.402. The molecule has 0 saturated carbocycles. The molecule has 23 heavy (non-hydrogen) atoms. The summed E-state index contributed by atoms with van der Waals surface area (Å²) in [5.41, 5.74) is 7.93. The summed E-state index contributed by atoms with van der Waals surface area (Å²) in [6, 6.07) is 7.86. The largest absolute Gasteiger partial charge is 0.366 e. The third-order valence-corrected chi connectivity index (χ3v) is 5.24. The first-order chi connectivity index (χ1) is 11.0. The van der Waals surface area contributed by atoms with E-state index >= 15 is 0 Å². The van der Waals surface area contributed by atoms with Crippen LogP contribution in [0.15, 0.2) is 29.6 Å². The van der Waals surface area contributed by atoms with E-state index in [9.17, 15) is 4.79 Å². The van der Waals surface area contributed by atoms with Gasteiger partial charge in [0.1, 0.15) is 5.01 Å². The number of hydrogen-bond acceptors (Lipinski definition) is 5. The maximum absolute atomic E-state index is 11.1. The molecule has 1 atom stereocenters. The number of nitrogens with zero attached hydrogens (tertiary/aromatic N) is 3. The summed E-state index contributed by atoms with van der Waals surface area (Å²) in [7, 11) is 2.17. The standard InChI is InChI=1S/C17H22N4OS/c1-12-9-20(2)7-8-21(12)10-15-11-23-17(19-15)14-5-3-13(4-6-14)16(18)22/h3-6,11-12H,7-10H2,1-2H3,(H2,18,22)/t12-/m0/s1. The molecule has 1 saturated heterocycles. The second-order valence-electron chi connectivity index (χ2n) is 6.17. The number of primary amides is 1. The van der Waals surface area contributed by atoms with Crippen LogP contribution in [0.5, 0.6) is 0 Å². The van der Waals surface area contributed by atoms with Gasteiger partial charge in [-0.2, -0.15) is 0 Å². The number of aromatic nitrogens is 1. The molecule has 2 N–H and O–H groups in total. The van der Waals surface area contributed by atoms with Crippen LogP contribution in [0.4, 0.5) is 0 Å². The van der Waals surface area contributed by atoms with Gasteiger partial charge >= 0.3 is 0 Å². The first-order valence-electron chi connectivity index (χ1n) is 7.80. The van der Waals surface area contributed by atoms with Crippen LogP contribution < -0.4 is 5.73 Å². The Kier molecular flexibility index (Phi) is 4.75. The molecule has 5 nitrogen and oxygen atoms in total. The molecule has 2 heterocycles. The molecule has 6 heteroatoms. The Morgan fingerprint density at radius 2 is 2.09 bits per heavy atom. The summed E-state index contributed by atoms with van der Waals surface area (Å²) in [5.74, 6) is -0.402. The molecule has 1 fully saturated rings. The first-order valence-corrected chi connectivity index (χ1v) is 8.68. The summed E-state index contributed by atoms with van der Waals surface area (Å²) in [6.45, 7) is 6.45. The zero-order valence-electron chi connectivity index (χ0n) is 13.5. The Bertz CT molecular complexity index is 682. The molecule has 0 bridgehead atoms. The fraction of sp³-hybridized carbons (Fsp3) is 0.412. The highest BCUT2D eigenvalue weighted by Crippen LogP contribution is 2.25. The lowest BCUT2D eigenvalue weighted by Crippen LogP contribution is -2.49. The maximum Gasteiger partial charge on any atom is 0.248 e. The van der Waals surface area contributed by atoms with E-state index < -0.39 is 5.91 Å². The number of likely N-dealkylation sites (N-methyl/N-ethyl adjacent to an activating group) is 1. The lowest BCUT2D eigenvalue weighted by atomic mass is 10.1. The zero-order chi connectivity index (χ0) is 16.4. The van der Waals surface area contributed by atoms with Crippen LogP contribution in [0.25, 0.3) is 10.6 Å². The molecule has 122 valence electrons. The van der Waals surface area contributed by atoms with Gasteiger partial charge in [-0.15, -0.1) is 11.3 Å². The van der Waals surface area contributed by atoms with Crippen molar-refractivity contribution < 1.29 is 4.79 Å². The summed E-state index contributed by atoms with van der Waals surface area (Å²) in [6.07, 6.45) is 0. The van der Waals surface area contributed by atoms with Gasteiger partial charge < -0.3 is 10.6 Å². The summed E-state index contributed by atoms with van der Waals surface area (Å²) < 4.78 is 0. The second kappa shape index (κ2) is 6.78. The average Bonchev–Trinajstić information content (AvgIpc) is 2.99. The van der Waals surface area contributed by atoms with E-state index in [1.807, 2.05) is 12.1 Å². The molecule has 0 radical (unpaired) electrons. The van der Waals surface area contributed by atoms with Gasteiger partial charge in [0.05, 0.1) is 5.69 Å². The van der Waals surface area contributed by atoms with Gasteiger partial charge in [-0.05, 0) is 26.1 Å². The van der Waals surface area contributed by atoms with Crippen molar-refractivity contribution in [1.29, 1.82) is 0 Å². The molecular weight excluding hydrogens is 308 g/mol. The van der Waals surface area contributed by atoms with E-state index in [2.05, 4.69) is 29.2 Å². The normalized spacial score (nSPS) is 19.8. The molecule has 3 rings (SSSR count). The molecule has 1 aliphatic heterocycles. The second-order valence-corrected chi connectivity index (χ2v) is 7.03. The van der Waals surface area contributed by atoms with Gasteiger partial charge in [0, 0.05) is 48.7 Å². The van der Waals surface area contributed by atoms with Gasteiger partial charge in [-0.25, -0.2) is 4.98 Å². The third-order valence-electron chi connectivity index (χ3n) is 4.30. The summed E-state index contributed by atoms with van der Waals surface area (Å²) in [5, 5.41) is 3.11. The summed E-state index contributed by atoms with van der Waals surface area (Å²) in [4.78, 5) is 20.7. The van der Waals surface area contributed by atoms with Gasteiger partial charge in [-0.1, -0.05) is 12.1 Å². The average molecular weight is 330 g/mol. The number of thiazole rings is 1. The predicted octanol–water partition coefficient (Wildman–Crippen LogP) is 2.04. The minimum Gasteiger partial charge on any atom is -0.366 e. The Labute approximate surface area is 140 Å². The van der Waals surface area contributed by atoms with E-state index in [0.717, 1.165) is 42.4 Å². The zero-order valence-corrected chi connectivity index (χ0v) is 14.3. The number of nitrogens with two attached hydrogens (primary N) is 1. The smallest absolute Gasteiger partial charge is 0.248 e. The van der Waals surface area contributed by atoms with Crippen LogP contribution in [-0.4, -0.2) is 53.4 Å². The molecule has 0 spiro atoms. The van der Waals surface area contributed by atoms with Gasteiger partial charge in [0.15, 0.2) is 0 Å². The monoisotopic (exact) mass is 330 g/mol. The van der Waals surface area contributed by atoms with E-state index in [1.54, 1.807) is 23.5 Å². The number of carbonyl (C=O) groups excluding carboxylic acids is 1. The highest BCUT2D eigenvalue weighted by molar-refractivity contribution is 7.13. The van der Waals surface area contributed by atoms with E-state index in [4.69, 9.17) is 10.7 Å². The Morgan fingerprint density at radius 1 is 1.35 bits per heavy atom. The minimum atomic E-state index is -0.402. The Hall–Kier alpha value is -1.76. The van der Waals surface area contributed by atoms with Crippen molar-refractivity contribution in [2.24, 2.45) is 5.73 Å². The topological polar surface area (TPSA) is 62.5 Å². The fourth-order valence-corrected chi connectivity index (χ4v) is 3.73. The van der Waals surface area contributed by atoms with Crippen molar-refractivity contribution in [2.45, 2.75) is 19.5 Å². The Balaban J connectivity index is 1.69. The van der Waals surface area contributed by atoms with Crippen molar-refractivity contribution in [3.63, 3.8) is 0 Å². The SMILES string of the molecule is C[C@H]1CN(C)CCN1Cc1csc(-c2ccc(C(N)=O)cc2)n1. The van der Waals surface area contributed by atoms with Crippen LogP contribution >= 0.6 is 11.3 Å². The van der Waals surface area contributed by atoms with Crippen molar-refractivity contribution in [3.8, 4) is 10.6 Å². The fourth-order valence-electron chi connectivity index (χ4n) is 2.91. The quantitative estimate of drug-likeness (QED) is 0.932. The molecular formula is C17H22N4OS. The van der Waals surface area contributed by atoms with Gasteiger partial charge in [0.25, 0.3) is 0 Å². The van der Waals surface area contributed by atoms with Crippen molar-refractivity contribution in [1.82, 2.24) is 14.8 Å². The van der Waals surface area contributed by atoms with Gasteiger partial charge in [-0.3, -0.25) is 9.69 Å². The van der Waals surface area contributed by atoms with Crippen LogP contribution in [0, 0.1) is 0 Å². The lowest BCUT2D eigenvalue weighted by Gasteiger charge is -2.37. The number of benzene rings is 1. The Morgan fingerprint density at radius 3 is 2.74 bits per heavy atom. The van der Waals surface area contributed by atoms with Crippen molar-refractivity contribution in [3.05, 3.63) is 40.9 Å². The van der Waals surface area contributed by atoms with E-state index in [1.165, 1.54) is 0 Å².